The van der Waals surface area contributed by atoms with Crippen LogP contribution in [0.3, 0.4) is 0 Å². The molecular weight excluding hydrogens is 272 g/mol. The number of aryl methyl sites for hydroxylation is 1. The van der Waals surface area contributed by atoms with E-state index in [1.165, 1.54) is 0 Å². The van der Waals surface area contributed by atoms with Crippen molar-refractivity contribution in [2.45, 2.75) is 46.3 Å². The van der Waals surface area contributed by atoms with E-state index in [1.807, 2.05) is 13.0 Å². The molecule has 6 heteroatoms. The van der Waals surface area contributed by atoms with Gasteiger partial charge in [-0.25, -0.2) is 4.79 Å². The number of ether oxygens (including phenoxy) is 2. The monoisotopic (exact) mass is 294 g/mol. The van der Waals surface area contributed by atoms with E-state index >= 15 is 0 Å². The highest BCUT2D eigenvalue weighted by molar-refractivity contribution is 5.72. The first kappa shape index (κ1) is 16.9. The number of aromatic nitrogens is 1. The van der Waals surface area contributed by atoms with Crippen LogP contribution in [0.4, 0.5) is 4.79 Å². The van der Waals surface area contributed by atoms with Crippen molar-refractivity contribution in [3.8, 4) is 0 Å². The summed E-state index contributed by atoms with van der Waals surface area (Å²) in [5.74, 6) is -0.375. The van der Waals surface area contributed by atoms with Crippen molar-refractivity contribution in [1.82, 2.24) is 10.3 Å². The molecule has 116 valence electrons. The second kappa shape index (κ2) is 7.61. The van der Waals surface area contributed by atoms with Crippen LogP contribution in [-0.4, -0.2) is 29.2 Å². The molecule has 1 amide bonds. The molecule has 0 aliphatic heterocycles. The number of pyridine rings is 1. The molecule has 1 rings (SSSR count). The van der Waals surface area contributed by atoms with Crippen LogP contribution in [0.25, 0.3) is 0 Å². The predicted octanol–water partition coefficient (Wildman–Crippen LogP) is 2.35. The number of hydrogen-bond acceptors (Lipinski definition) is 5. The van der Waals surface area contributed by atoms with Gasteiger partial charge in [0.05, 0.1) is 6.42 Å². The smallest absolute Gasteiger partial charge is 0.407 e. The summed E-state index contributed by atoms with van der Waals surface area (Å²) in [5, 5.41) is 2.51. The van der Waals surface area contributed by atoms with E-state index in [4.69, 9.17) is 9.47 Å². The fraction of sp³-hybridized carbons (Fsp3) is 0.533. The zero-order chi connectivity index (χ0) is 15.9. The lowest BCUT2D eigenvalue weighted by molar-refractivity contribution is -0.144. The number of carbonyl (C=O) groups excluding carboxylic acids is 2. The van der Waals surface area contributed by atoms with Crippen LogP contribution in [-0.2, 0) is 20.9 Å². The van der Waals surface area contributed by atoms with Crippen LogP contribution in [0, 0.1) is 6.92 Å². The molecule has 1 aromatic heterocycles. The van der Waals surface area contributed by atoms with Crippen LogP contribution in [0.15, 0.2) is 18.3 Å². The van der Waals surface area contributed by atoms with Gasteiger partial charge in [0.2, 0.25) is 0 Å². The van der Waals surface area contributed by atoms with E-state index in [0.717, 1.165) is 11.3 Å². The summed E-state index contributed by atoms with van der Waals surface area (Å²) in [5.41, 5.74) is 1.20. The predicted molar refractivity (Wildman–Crippen MR) is 77.6 cm³/mol. The van der Waals surface area contributed by atoms with Crippen LogP contribution in [0.5, 0.6) is 0 Å². The van der Waals surface area contributed by atoms with E-state index in [2.05, 4.69) is 10.3 Å². The van der Waals surface area contributed by atoms with Gasteiger partial charge in [0, 0.05) is 18.4 Å². The van der Waals surface area contributed by atoms with Crippen molar-refractivity contribution in [2.24, 2.45) is 0 Å². The summed E-state index contributed by atoms with van der Waals surface area (Å²) in [4.78, 5) is 27.0. The minimum Gasteiger partial charge on any atom is -0.461 e. The van der Waals surface area contributed by atoms with Gasteiger partial charge in [-0.3, -0.25) is 9.78 Å². The van der Waals surface area contributed by atoms with Crippen LogP contribution in [0.1, 0.15) is 38.4 Å². The average molecular weight is 294 g/mol. The SMILES string of the molecule is Cc1cc(COC(=O)CCNC(=O)OC(C)(C)C)ccn1. The third kappa shape index (κ3) is 7.91. The molecule has 0 saturated heterocycles. The van der Waals surface area contributed by atoms with Crippen molar-refractivity contribution in [2.75, 3.05) is 6.54 Å². The third-order valence-electron chi connectivity index (χ3n) is 2.36. The Balaban J connectivity index is 2.21. The molecule has 0 aromatic carbocycles. The van der Waals surface area contributed by atoms with Gasteiger partial charge >= 0.3 is 12.1 Å². The van der Waals surface area contributed by atoms with Gasteiger partial charge in [0.1, 0.15) is 12.2 Å². The molecule has 1 heterocycles. The lowest BCUT2D eigenvalue weighted by atomic mass is 10.2. The molecule has 21 heavy (non-hydrogen) atoms. The van der Waals surface area contributed by atoms with Crippen molar-refractivity contribution in [3.63, 3.8) is 0 Å². The molecule has 0 bridgehead atoms. The fourth-order valence-electron chi connectivity index (χ4n) is 1.51. The topological polar surface area (TPSA) is 77.5 Å². The Kier molecular flexibility index (Phi) is 6.14. The second-order valence-corrected chi connectivity index (χ2v) is 5.64. The molecule has 0 fully saturated rings. The van der Waals surface area contributed by atoms with E-state index in [0.29, 0.717) is 0 Å². The largest absolute Gasteiger partial charge is 0.461 e. The van der Waals surface area contributed by atoms with Crippen molar-refractivity contribution in [1.29, 1.82) is 0 Å². The summed E-state index contributed by atoms with van der Waals surface area (Å²) in [6.45, 7) is 7.58. The van der Waals surface area contributed by atoms with Gasteiger partial charge in [0.15, 0.2) is 0 Å². The molecule has 0 saturated carbocycles. The van der Waals surface area contributed by atoms with Crippen molar-refractivity contribution < 1.29 is 19.1 Å². The van der Waals surface area contributed by atoms with E-state index in [1.54, 1.807) is 33.0 Å². The number of nitrogens with one attached hydrogen (secondary N) is 1. The maximum Gasteiger partial charge on any atom is 0.407 e. The maximum absolute atomic E-state index is 11.5. The van der Waals surface area contributed by atoms with Gasteiger partial charge in [0.25, 0.3) is 0 Å². The molecule has 0 atom stereocenters. The van der Waals surface area contributed by atoms with Crippen LogP contribution < -0.4 is 5.32 Å². The Bertz CT molecular complexity index is 495. The minimum absolute atomic E-state index is 0.101. The Morgan fingerprint density at radius 3 is 2.67 bits per heavy atom. The average Bonchev–Trinajstić information content (AvgIpc) is 2.34. The normalized spacial score (nSPS) is 10.9. The molecule has 6 nitrogen and oxygen atoms in total. The van der Waals surface area contributed by atoms with E-state index in [9.17, 15) is 9.59 Å². The first-order chi connectivity index (χ1) is 9.76. The maximum atomic E-state index is 11.5. The minimum atomic E-state index is -0.552. The Morgan fingerprint density at radius 2 is 2.05 bits per heavy atom. The molecule has 1 aromatic rings. The number of carbonyl (C=O) groups is 2. The zero-order valence-corrected chi connectivity index (χ0v) is 12.9. The summed E-state index contributed by atoms with van der Waals surface area (Å²) in [6.07, 6.45) is 1.23. The quantitative estimate of drug-likeness (QED) is 0.843. The number of esters is 1. The lowest BCUT2D eigenvalue weighted by Gasteiger charge is -2.19. The molecule has 0 aliphatic rings. The first-order valence-electron chi connectivity index (χ1n) is 6.80. The molecule has 0 aliphatic carbocycles. The molecule has 0 radical (unpaired) electrons. The van der Waals surface area contributed by atoms with Gasteiger partial charge in [-0.15, -0.1) is 0 Å². The molecule has 0 spiro atoms. The molecular formula is C15H22N2O4. The zero-order valence-electron chi connectivity index (χ0n) is 12.9. The molecule has 0 unspecified atom stereocenters. The standard InChI is InChI=1S/C15H22N2O4/c1-11-9-12(5-7-16-11)10-20-13(18)6-8-17-14(19)21-15(2,3)4/h5,7,9H,6,8,10H2,1-4H3,(H,17,19). The summed E-state index contributed by atoms with van der Waals surface area (Å²) in [7, 11) is 0. The van der Waals surface area contributed by atoms with Gasteiger partial charge < -0.3 is 14.8 Å². The third-order valence-corrected chi connectivity index (χ3v) is 2.36. The van der Waals surface area contributed by atoms with Gasteiger partial charge in [-0.1, -0.05) is 0 Å². The Morgan fingerprint density at radius 1 is 1.33 bits per heavy atom. The van der Waals surface area contributed by atoms with Crippen molar-refractivity contribution >= 4 is 12.1 Å². The van der Waals surface area contributed by atoms with Crippen LogP contribution >= 0.6 is 0 Å². The van der Waals surface area contributed by atoms with Gasteiger partial charge in [-0.2, -0.15) is 0 Å². The fourth-order valence-corrected chi connectivity index (χ4v) is 1.51. The number of alkyl carbamates (subject to hydrolysis) is 1. The van der Waals surface area contributed by atoms with Crippen molar-refractivity contribution in [3.05, 3.63) is 29.6 Å². The highest BCUT2D eigenvalue weighted by Crippen LogP contribution is 2.06. The van der Waals surface area contributed by atoms with Crippen LogP contribution in [0.2, 0.25) is 0 Å². The van der Waals surface area contributed by atoms with E-state index in [-0.39, 0.29) is 25.5 Å². The Labute approximate surface area is 124 Å². The number of rotatable bonds is 5. The highest BCUT2D eigenvalue weighted by Gasteiger charge is 2.16. The number of nitrogens with zero attached hydrogens (tertiary/aromatic N) is 1. The lowest BCUT2D eigenvalue weighted by Crippen LogP contribution is -2.33. The summed E-state index contributed by atoms with van der Waals surface area (Å²) < 4.78 is 10.2. The second-order valence-electron chi connectivity index (χ2n) is 5.64. The number of amides is 1. The summed E-state index contributed by atoms with van der Waals surface area (Å²) >= 11 is 0. The number of hydrogen-bond donors (Lipinski definition) is 1. The summed E-state index contributed by atoms with van der Waals surface area (Å²) in [6, 6.07) is 3.64. The van der Waals surface area contributed by atoms with E-state index < -0.39 is 11.7 Å². The highest BCUT2D eigenvalue weighted by atomic mass is 16.6. The van der Waals surface area contributed by atoms with Gasteiger partial charge in [-0.05, 0) is 45.4 Å². The Hall–Kier alpha value is -2.11. The molecule has 1 N–H and O–H groups in total. The first-order valence-corrected chi connectivity index (χ1v) is 6.80.